The number of pyridine rings is 1. The summed E-state index contributed by atoms with van der Waals surface area (Å²) in [5.41, 5.74) is 6.73. The number of fused-ring (bicyclic) bond motifs is 2. The molecule has 0 amide bonds. The van der Waals surface area contributed by atoms with Gasteiger partial charge in [-0.3, -0.25) is 0 Å². The van der Waals surface area contributed by atoms with Crippen molar-refractivity contribution >= 4 is 17.4 Å². The lowest BCUT2D eigenvalue weighted by molar-refractivity contribution is 0.365. The summed E-state index contributed by atoms with van der Waals surface area (Å²) < 4.78 is 0. The van der Waals surface area contributed by atoms with Crippen molar-refractivity contribution in [3.63, 3.8) is 0 Å². The Morgan fingerprint density at radius 1 is 1.38 bits per heavy atom. The van der Waals surface area contributed by atoms with Crippen molar-refractivity contribution in [1.29, 1.82) is 0 Å². The van der Waals surface area contributed by atoms with E-state index in [1.165, 1.54) is 31.4 Å². The molecular formula is C13H18N2S. The van der Waals surface area contributed by atoms with E-state index in [2.05, 4.69) is 4.98 Å². The second-order valence-corrected chi connectivity index (χ2v) is 6.15. The van der Waals surface area contributed by atoms with Crippen LogP contribution in [0.3, 0.4) is 0 Å². The maximum atomic E-state index is 5.90. The summed E-state index contributed by atoms with van der Waals surface area (Å²) in [5.74, 6) is 4.17. The van der Waals surface area contributed by atoms with Crippen molar-refractivity contribution in [2.24, 2.45) is 17.8 Å². The molecule has 1 heterocycles. The lowest BCUT2D eigenvalue weighted by atomic mass is 9.90. The number of hydrogen-bond donors (Lipinski definition) is 1. The molecule has 86 valence electrons. The summed E-state index contributed by atoms with van der Waals surface area (Å²) in [6.45, 7) is 0. The van der Waals surface area contributed by atoms with E-state index in [0.717, 1.165) is 28.5 Å². The molecule has 0 spiro atoms. The van der Waals surface area contributed by atoms with Crippen LogP contribution in [0.1, 0.15) is 25.7 Å². The van der Waals surface area contributed by atoms with Crippen molar-refractivity contribution in [2.75, 3.05) is 11.5 Å². The molecule has 16 heavy (non-hydrogen) atoms. The topological polar surface area (TPSA) is 38.9 Å². The Labute approximate surface area is 101 Å². The van der Waals surface area contributed by atoms with E-state index < -0.39 is 0 Å². The highest BCUT2D eigenvalue weighted by Gasteiger charge is 2.39. The largest absolute Gasteiger partial charge is 0.397 e. The van der Waals surface area contributed by atoms with Crippen LogP contribution >= 0.6 is 11.8 Å². The van der Waals surface area contributed by atoms with Gasteiger partial charge in [0.2, 0.25) is 0 Å². The normalized spacial score (nSPS) is 32.1. The molecule has 3 rings (SSSR count). The first kappa shape index (κ1) is 10.5. The van der Waals surface area contributed by atoms with E-state index in [4.69, 9.17) is 5.73 Å². The van der Waals surface area contributed by atoms with Gasteiger partial charge in [-0.1, -0.05) is 6.42 Å². The van der Waals surface area contributed by atoms with Crippen molar-refractivity contribution in [3.8, 4) is 0 Å². The highest BCUT2D eigenvalue weighted by Crippen LogP contribution is 2.49. The van der Waals surface area contributed by atoms with Crippen LogP contribution < -0.4 is 5.73 Å². The Balaban J connectivity index is 1.59. The Bertz CT molecular complexity index is 380. The predicted octanol–water partition coefficient (Wildman–Crippen LogP) is 3.19. The zero-order valence-electron chi connectivity index (χ0n) is 9.43. The Kier molecular flexibility index (Phi) is 2.80. The molecule has 1 aromatic heterocycles. The van der Waals surface area contributed by atoms with Crippen molar-refractivity contribution in [1.82, 2.24) is 4.98 Å². The van der Waals surface area contributed by atoms with Crippen LogP contribution in [0.25, 0.3) is 0 Å². The van der Waals surface area contributed by atoms with Crippen LogP contribution in [0.15, 0.2) is 23.4 Å². The molecule has 3 heteroatoms. The van der Waals surface area contributed by atoms with Gasteiger partial charge >= 0.3 is 0 Å². The monoisotopic (exact) mass is 234 g/mol. The molecule has 2 aliphatic carbocycles. The average molecular weight is 234 g/mol. The number of thioether (sulfide) groups is 1. The van der Waals surface area contributed by atoms with E-state index in [1.54, 1.807) is 0 Å². The van der Waals surface area contributed by atoms with E-state index in [-0.39, 0.29) is 0 Å². The van der Waals surface area contributed by atoms with E-state index >= 15 is 0 Å². The molecule has 2 N–H and O–H groups in total. The van der Waals surface area contributed by atoms with E-state index in [0.29, 0.717) is 0 Å². The Morgan fingerprint density at radius 2 is 2.31 bits per heavy atom. The van der Waals surface area contributed by atoms with Crippen LogP contribution in [-0.2, 0) is 0 Å². The van der Waals surface area contributed by atoms with Gasteiger partial charge in [0, 0.05) is 11.9 Å². The maximum absolute atomic E-state index is 5.90. The lowest BCUT2D eigenvalue weighted by Crippen LogP contribution is -2.12. The van der Waals surface area contributed by atoms with Crippen LogP contribution in [0, 0.1) is 17.8 Å². The van der Waals surface area contributed by atoms with E-state index in [1.807, 2.05) is 30.1 Å². The summed E-state index contributed by atoms with van der Waals surface area (Å²) >= 11 is 1.85. The molecule has 0 aliphatic heterocycles. The zero-order chi connectivity index (χ0) is 11.0. The molecule has 2 nitrogen and oxygen atoms in total. The minimum Gasteiger partial charge on any atom is -0.397 e. The highest BCUT2D eigenvalue weighted by molar-refractivity contribution is 7.99. The fourth-order valence-electron chi connectivity index (χ4n) is 3.29. The SMILES string of the molecule is Nc1cccnc1SCC1CC2CCC1C2. The fourth-order valence-corrected chi connectivity index (χ4v) is 4.44. The van der Waals surface area contributed by atoms with Gasteiger partial charge in [-0.15, -0.1) is 11.8 Å². The molecule has 0 aromatic carbocycles. The van der Waals surface area contributed by atoms with Gasteiger partial charge in [0.15, 0.2) is 0 Å². The minimum absolute atomic E-state index is 0.829. The smallest absolute Gasteiger partial charge is 0.119 e. The first-order valence-corrected chi connectivity index (χ1v) is 7.15. The third-order valence-electron chi connectivity index (χ3n) is 4.12. The number of nitrogens with zero attached hydrogens (tertiary/aromatic N) is 1. The van der Waals surface area contributed by atoms with Crippen LogP contribution in [0.5, 0.6) is 0 Å². The number of aromatic nitrogens is 1. The van der Waals surface area contributed by atoms with Gasteiger partial charge in [0.1, 0.15) is 5.03 Å². The molecule has 3 unspecified atom stereocenters. The molecular weight excluding hydrogens is 216 g/mol. The summed E-state index contributed by atoms with van der Waals surface area (Å²) in [5, 5.41) is 1.02. The fraction of sp³-hybridized carbons (Fsp3) is 0.615. The maximum Gasteiger partial charge on any atom is 0.119 e. The van der Waals surface area contributed by atoms with Gasteiger partial charge < -0.3 is 5.73 Å². The lowest BCUT2D eigenvalue weighted by Gasteiger charge is -2.20. The number of hydrogen-bond acceptors (Lipinski definition) is 3. The van der Waals surface area contributed by atoms with Gasteiger partial charge in [-0.05, 0) is 49.1 Å². The van der Waals surface area contributed by atoms with Crippen LogP contribution in [0.4, 0.5) is 5.69 Å². The molecule has 1 aromatic rings. The van der Waals surface area contributed by atoms with Crippen molar-refractivity contribution < 1.29 is 0 Å². The number of anilines is 1. The first-order valence-electron chi connectivity index (χ1n) is 6.16. The molecule has 2 fully saturated rings. The quantitative estimate of drug-likeness (QED) is 0.816. The van der Waals surface area contributed by atoms with Crippen molar-refractivity contribution in [2.45, 2.75) is 30.7 Å². The molecule has 2 aliphatic rings. The highest BCUT2D eigenvalue weighted by atomic mass is 32.2. The predicted molar refractivity (Wildman–Crippen MR) is 68.3 cm³/mol. The standard InChI is InChI=1S/C13H18N2S/c14-12-2-1-5-15-13(12)16-8-11-7-9-3-4-10(11)6-9/h1-2,5,9-11H,3-4,6-8,14H2. The van der Waals surface area contributed by atoms with Gasteiger partial charge in [0.25, 0.3) is 0 Å². The second kappa shape index (κ2) is 4.28. The summed E-state index contributed by atoms with van der Waals surface area (Å²) in [4.78, 5) is 4.34. The van der Waals surface area contributed by atoms with Crippen LogP contribution in [0.2, 0.25) is 0 Å². The number of rotatable bonds is 3. The molecule has 2 bridgehead atoms. The van der Waals surface area contributed by atoms with Gasteiger partial charge in [0.05, 0.1) is 5.69 Å². The zero-order valence-corrected chi connectivity index (χ0v) is 10.2. The Hall–Kier alpha value is -0.700. The molecule has 0 radical (unpaired) electrons. The second-order valence-electron chi connectivity index (χ2n) is 5.14. The van der Waals surface area contributed by atoms with Gasteiger partial charge in [-0.25, -0.2) is 4.98 Å². The summed E-state index contributed by atoms with van der Waals surface area (Å²) in [6.07, 6.45) is 7.72. The van der Waals surface area contributed by atoms with Gasteiger partial charge in [-0.2, -0.15) is 0 Å². The Morgan fingerprint density at radius 3 is 3.00 bits per heavy atom. The van der Waals surface area contributed by atoms with Crippen LogP contribution in [-0.4, -0.2) is 10.7 Å². The number of nitrogen functional groups attached to an aromatic ring is 1. The van der Waals surface area contributed by atoms with E-state index in [9.17, 15) is 0 Å². The third-order valence-corrected chi connectivity index (χ3v) is 5.33. The van der Waals surface area contributed by atoms with Crippen molar-refractivity contribution in [3.05, 3.63) is 18.3 Å². The first-order chi connectivity index (χ1) is 7.83. The number of nitrogens with two attached hydrogens (primary N) is 1. The summed E-state index contributed by atoms with van der Waals surface area (Å²) in [6, 6.07) is 3.84. The molecule has 0 saturated heterocycles. The average Bonchev–Trinajstić information content (AvgIpc) is 2.90. The third kappa shape index (κ3) is 1.93. The molecule has 2 saturated carbocycles. The molecule has 3 atom stereocenters. The summed E-state index contributed by atoms with van der Waals surface area (Å²) in [7, 11) is 0. The minimum atomic E-state index is 0.829.